The van der Waals surface area contributed by atoms with Crippen molar-refractivity contribution in [3.63, 3.8) is 0 Å². The number of fused-ring (bicyclic) bond motifs is 1. The van der Waals surface area contributed by atoms with Gasteiger partial charge in [0.2, 0.25) is 0 Å². The maximum absolute atomic E-state index is 11.9. The van der Waals surface area contributed by atoms with E-state index in [0.29, 0.717) is 30.9 Å². The van der Waals surface area contributed by atoms with Gasteiger partial charge in [-0.1, -0.05) is 0 Å². The summed E-state index contributed by atoms with van der Waals surface area (Å²) in [5.74, 6) is 0. The number of H-pyrrole nitrogens is 1. The van der Waals surface area contributed by atoms with E-state index in [4.69, 9.17) is 9.47 Å². The second kappa shape index (κ2) is 6.54. The van der Waals surface area contributed by atoms with Gasteiger partial charge in [-0.15, -0.1) is 0 Å². The molecule has 2 heterocycles. The van der Waals surface area contributed by atoms with Crippen LogP contribution >= 0.6 is 0 Å². The number of benzene rings is 1. The van der Waals surface area contributed by atoms with Gasteiger partial charge in [0.15, 0.2) is 0 Å². The van der Waals surface area contributed by atoms with E-state index in [9.17, 15) is 14.9 Å². The summed E-state index contributed by atoms with van der Waals surface area (Å²) in [6, 6.07) is 2.87. The second-order valence-corrected chi connectivity index (χ2v) is 5.78. The summed E-state index contributed by atoms with van der Waals surface area (Å²) < 4.78 is 10.9. The predicted octanol–water partition coefficient (Wildman–Crippen LogP) is 1.07. The fourth-order valence-corrected chi connectivity index (χ4v) is 3.01. The van der Waals surface area contributed by atoms with Gasteiger partial charge in [0.05, 0.1) is 41.0 Å². The molecule has 1 aromatic carbocycles. The van der Waals surface area contributed by atoms with E-state index in [1.54, 1.807) is 13.2 Å². The SMILES string of the molecule is COCC1CN(c2cc3nc[nH]c(=O)c3cc2[N+](=O)[O-])CC(C)O1. The minimum atomic E-state index is -0.479. The molecule has 3 rings (SSSR count). The molecule has 2 unspecified atom stereocenters. The van der Waals surface area contributed by atoms with E-state index in [-0.39, 0.29) is 23.3 Å². The third-order valence-electron chi connectivity index (χ3n) is 3.95. The van der Waals surface area contributed by atoms with Crippen molar-refractivity contribution in [3.8, 4) is 0 Å². The van der Waals surface area contributed by atoms with E-state index < -0.39 is 10.5 Å². The Morgan fingerprint density at radius 3 is 3.00 bits per heavy atom. The molecule has 24 heavy (non-hydrogen) atoms. The number of ether oxygens (including phenoxy) is 2. The van der Waals surface area contributed by atoms with Crippen molar-refractivity contribution in [1.29, 1.82) is 0 Å². The lowest BCUT2D eigenvalue weighted by atomic mass is 10.1. The van der Waals surface area contributed by atoms with Crippen molar-refractivity contribution in [2.75, 3.05) is 31.7 Å². The van der Waals surface area contributed by atoms with Crippen LogP contribution in [0.15, 0.2) is 23.3 Å². The molecular formula is C15H18N4O5. The zero-order valence-electron chi connectivity index (χ0n) is 13.4. The molecule has 128 valence electrons. The normalized spacial score (nSPS) is 21.2. The maximum atomic E-state index is 11.9. The molecule has 2 aromatic rings. The number of nitro groups is 1. The maximum Gasteiger partial charge on any atom is 0.293 e. The van der Waals surface area contributed by atoms with Crippen LogP contribution in [-0.2, 0) is 9.47 Å². The fourth-order valence-electron chi connectivity index (χ4n) is 3.01. The Bertz CT molecular complexity index is 821. The minimum Gasteiger partial charge on any atom is -0.382 e. The highest BCUT2D eigenvalue weighted by Crippen LogP contribution is 2.33. The first-order valence-corrected chi connectivity index (χ1v) is 7.54. The van der Waals surface area contributed by atoms with Gasteiger partial charge in [0, 0.05) is 26.3 Å². The zero-order chi connectivity index (χ0) is 17.3. The molecule has 9 heteroatoms. The highest BCUT2D eigenvalue weighted by atomic mass is 16.6. The van der Waals surface area contributed by atoms with Crippen LogP contribution in [0.1, 0.15) is 6.92 Å². The number of nitrogens with one attached hydrogen (secondary N) is 1. The monoisotopic (exact) mass is 334 g/mol. The van der Waals surface area contributed by atoms with Crippen molar-refractivity contribution < 1.29 is 14.4 Å². The summed E-state index contributed by atoms with van der Waals surface area (Å²) >= 11 is 0. The highest BCUT2D eigenvalue weighted by molar-refractivity contribution is 5.87. The van der Waals surface area contributed by atoms with Crippen LogP contribution in [0.25, 0.3) is 10.9 Å². The molecule has 1 aliphatic rings. The standard InChI is InChI=1S/C15H18N4O5/c1-9-5-18(6-10(24-9)7-23-2)13-4-12-11(3-14(13)19(21)22)15(20)17-8-16-12/h3-4,8-10H,5-7H2,1-2H3,(H,16,17,20). The van der Waals surface area contributed by atoms with Gasteiger partial charge >= 0.3 is 0 Å². The van der Waals surface area contributed by atoms with Crippen molar-refractivity contribution in [2.24, 2.45) is 0 Å². The first-order valence-electron chi connectivity index (χ1n) is 7.54. The van der Waals surface area contributed by atoms with Gasteiger partial charge in [0.25, 0.3) is 11.2 Å². The van der Waals surface area contributed by atoms with Gasteiger partial charge in [-0.2, -0.15) is 0 Å². The number of morpholine rings is 1. The van der Waals surface area contributed by atoms with Crippen LogP contribution in [0.5, 0.6) is 0 Å². The number of aromatic amines is 1. The summed E-state index contributed by atoms with van der Waals surface area (Å²) in [4.78, 5) is 31.3. The molecule has 0 radical (unpaired) electrons. The molecule has 0 saturated carbocycles. The van der Waals surface area contributed by atoms with Crippen molar-refractivity contribution in [3.05, 3.63) is 38.9 Å². The number of methoxy groups -OCH3 is 1. The third-order valence-corrected chi connectivity index (χ3v) is 3.95. The lowest BCUT2D eigenvalue weighted by Crippen LogP contribution is -2.48. The van der Waals surface area contributed by atoms with Gasteiger partial charge in [0.1, 0.15) is 5.69 Å². The summed E-state index contributed by atoms with van der Waals surface area (Å²) in [5.41, 5.74) is 0.331. The quantitative estimate of drug-likeness (QED) is 0.657. The number of nitrogens with zero attached hydrogens (tertiary/aromatic N) is 3. The average molecular weight is 334 g/mol. The summed E-state index contributed by atoms with van der Waals surface area (Å²) in [6.07, 6.45) is 1.01. The lowest BCUT2D eigenvalue weighted by molar-refractivity contribution is -0.384. The summed E-state index contributed by atoms with van der Waals surface area (Å²) in [7, 11) is 1.58. The van der Waals surface area contributed by atoms with Crippen LogP contribution in [0.2, 0.25) is 0 Å². The van der Waals surface area contributed by atoms with Gasteiger partial charge < -0.3 is 19.4 Å². The molecule has 9 nitrogen and oxygen atoms in total. The number of rotatable bonds is 4. The van der Waals surface area contributed by atoms with E-state index in [2.05, 4.69) is 9.97 Å². The Morgan fingerprint density at radius 2 is 2.29 bits per heavy atom. The van der Waals surface area contributed by atoms with Crippen molar-refractivity contribution in [1.82, 2.24) is 9.97 Å². The molecule has 2 atom stereocenters. The van der Waals surface area contributed by atoms with Crippen LogP contribution in [0, 0.1) is 10.1 Å². The number of aromatic nitrogens is 2. The summed E-state index contributed by atoms with van der Waals surface area (Å²) in [5, 5.41) is 11.7. The molecular weight excluding hydrogens is 316 g/mol. The molecule has 0 amide bonds. The average Bonchev–Trinajstić information content (AvgIpc) is 2.54. The van der Waals surface area contributed by atoms with E-state index in [0.717, 1.165) is 0 Å². The van der Waals surface area contributed by atoms with E-state index >= 15 is 0 Å². The molecule has 1 fully saturated rings. The van der Waals surface area contributed by atoms with E-state index in [1.165, 1.54) is 12.4 Å². The van der Waals surface area contributed by atoms with Crippen LogP contribution in [0.4, 0.5) is 11.4 Å². The Morgan fingerprint density at radius 1 is 1.50 bits per heavy atom. The molecule has 1 saturated heterocycles. The predicted molar refractivity (Wildman–Crippen MR) is 87.4 cm³/mol. The number of nitro benzene ring substituents is 1. The van der Waals surface area contributed by atoms with Gasteiger partial charge in [-0.3, -0.25) is 14.9 Å². The molecule has 1 aromatic heterocycles. The zero-order valence-corrected chi connectivity index (χ0v) is 13.4. The Labute approximate surface area is 137 Å². The van der Waals surface area contributed by atoms with Crippen LogP contribution < -0.4 is 10.5 Å². The molecule has 0 spiro atoms. The topological polar surface area (TPSA) is 111 Å². The van der Waals surface area contributed by atoms with Crippen molar-refractivity contribution in [2.45, 2.75) is 19.1 Å². The number of hydrogen-bond donors (Lipinski definition) is 1. The molecule has 1 N–H and O–H groups in total. The number of hydrogen-bond acceptors (Lipinski definition) is 7. The molecule has 1 aliphatic heterocycles. The number of anilines is 1. The molecule has 0 bridgehead atoms. The Hall–Kier alpha value is -2.52. The minimum absolute atomic E-state index is 0.0960. The largest absolute Gasteiger partial charge is 0.382 e. The Kier molecular flexibility index (Phi) is 4.45. The van der Waals surface area contributed by atoms with Crippen molar-refractivity contribution >= 4 is 22.3 Å². The first-order chi connectivity index (χ1) is 11.5. The third kappa shape index (κ3) is 3.08. The summed E-state index contributed by atoms with van der Waals surface area (Å²) in [6.45, 7) is 3.29. The fraction of sp³-hybridized carbons (Fsp3) is 0.467. The van der Waals surface area contributed by atoms with Gasteiger partial charge in [-0.25, -0.2) is 4.98 Å². The van der Waals surface area contributed by atoms with Crippen LogP contribution in [0.3, 0.4) is 0 Å². The van der Waals surface area contributed by atoms with Gasteiger partial charge in [-0.05, 0) is 13.0 Å². The van der Waals surface area contributed by atoms with Crippen LogP contribution in [-0.4, -0.2) is 53.9 Å². The lowest BCUT2D eigenvalue weighted by Gasteiger charge is -2.37. The first kappa shape index (κ1) is 16.3. The highest BCUT2D eigenvalue weighted by Gasteiger charge is 2.30. The Balaban J connectivity index is 2.08. The smallest absolute Gasteiger partial charge is 0.293 e. The molecule has 0 aliphatic carbocycles. The van der Waals surface area contributed by atoms with E-state index in [1.807, 2.05) is 11.8 Å². The second-order valence-electron chi connectivity index (χ2n) is 5.78.